The summed E-state index contributed by atoms with van der Waals surface area (Å²) in [4.78, 5) is 24.4. The molecule has 6 heteroatoms. The first-order valence-electron chi connectivity index (χ1n) is 9.76. The summed E-state index contributed by atoms with van der Waals surface area (Å²) in [6.07, 6.45) is 2.89. The molecule has 1 atom stereocenters. The second kappa shape index (κ2) is 6.95. The number of ether oxygens (including phenoxy) is 1. The van der Waals surface area contributed by atoms with Crippen LogP contribution in [-0.4, -0.2) is 28.5 Å². The first-order chi connectivity index (χ1) is 14.0. The molecule has 5 rings (SSSR count). The number of hydrogen-bond acceptors (Lipinski definition) is 4. The Morgan fingerprint density at radius 2 is 1.93 bits per heavy atom. The van der Waals surface area contributed by atoms with Crippen molar-refractivity contribution >= 4 is 28.5 Å². The summed E-state index contributed by atoms with van der Waals surface area (Å²) in [6.45, 7) is 0. The second-order valence-corrected chi connectivity index (χ2v) is 8.77. The van der Waals surface area contributed by atoms with Gasteiger partial charge >= 0.3 is 5.97 Å². The summed E-state index contributed by atoms with van der Waals surface area (Å²) in [5, 5.41) is 12.6. The van der Waals surface area contributed by atoms with Crippen LogP contribution in [0.2, 0.25) is 0 Å². The van der Waals surface area contributed by atoms with Gasteiger partial charge in [0.2, 0.25) is 0 Å². The third-order valence-corrected chi connectivity index (χ3v) is 6.97. The quantitative estimate of drug-likeness (QED) is 0.686. The molecule has 2 aliphatic rings. The molecule has 1 aliphatic carbocycles. The van der Waals surface area contributed by atoms with E-state index in [0.717, 1.165) is 45.5 Å². The molecule has 3 aromatic rings. The monoisotopic (exact) mass is 407 g/mol. The number of aliphatic carboxylic acids is 1. The van der Waals surface area contributed by atoms with Crippen LogP contribution in [0.15, 0.2) is 52.3 Å². The Hall–Kier alpha value is -2.73. The maximum atomic E-state index is 12.8. The topological polar surface area (TPSA) is 68.5 Å². The predicted molar refractivity (Wildman–Crippen MR) is 113 cm³/mol. The van der Waals surface area contributed by atoms with Gasteiger partial charge in [-0.3, -0.25) is 9.36 Å². The lowest BCUT2D eigenvalue weighted by molar-refractivity contribution is -0.140. The number of hydrogen-bond donors (Lipinski definition) is 1. The van der Waals surface area contributed by atoms with Crippen molar-refractivity contribution in [2.75, 3.05) is 12.9 Å². The summed E-state index contributed by atoms with van der Waals surface area (Å²) in [5.41, 5.74) is 3.16. The van der Waals surface area contributed by atoms with Gasteiger partial charge in [-0.25, -0.2) is 4.79 Å². The van der Waals surface area contributed by atoms with Gasteiger partial charge in [-0.2, -0.15) is 0 Å². The molecule has 0 amide bonds. The maximum Gasteiger partial charge on any atom is 0.327 e. The predicted octanol–water partition coefficient (Wildman–Crippen LogP) is 4.21. The Labute approximate surface area is 172 Å². The Balaban J connectivity index is 1.57. The lowest BCUT2D eigenvalue weighted by atomic mass is 9.96. The minimum absolute atomic E-state index is 0.206. The van der Waals surface area contributed by atoms with Gasteiger partial charge in [-0.1, -0.05) is 24.3 Å². The second-order valence-electron chi connectivity index (χ2n) is 7.76. The summed E-state index contributed by atoms with van der Waals surface area (Å²) < 4.78 is 6.79. The third kappa shape index (κ3) is 3.21. The normalized spacial score (nSPS) is 18.0. The van der Waals surface area contributed by atoms with Crippen LogP contribution in [0.4, 0.5) is 0 Å². The van der Waals surface area contributed by atoms with Crippen LogP contribution < -0.4 is 10.3 Å². The number of methoxy groups -OCH3 is 1. The van der Waals surface area contributed by atoms with Crippen LogP contribution in [0.5, 0.6) is 5.75 Å². The SMILES string of the molecule is COc1ccc2cc(Cc3cc(=O)n4c(c3C3CC3)SCC4C(=O)O)ccc2c1. The Morgan fingerprint density at radius 3 is 2.66 bits per heavy atom. The van der Waals surface area contributed by atoms with E-state index in [1.165, 1.54) is 21.9 Å². The lowest BCUT2D eigenvalue weighted by Crippen LogP contribution is -2.29. The van der Waals surface area contributed by atoms with E-state index < -0.39 is 12.0 Å². The highest BCUT2D eigenvalue weighted by atomic mass is 32.2. The van der Waals surface area contributed by atoms with Crippen molar-refractivity contribution in [3.05, 3.63) is 69.5 Å². The van der Waals surface area contributed by atoms with Gasteiger partial charge in [0, 0.05) is 11.8 Å². The number of carboxylic acids is 1. The third-order valence-electron chi connectivity index (χ3n) is 5.80. The van der Waals surface area contributed by atoms with Crippen LogP contribution in [0.25, 0.3) is 10.8 Å². The van der Waals surface area contributed by atoms with Crippen molar-refractivity contribution in [1.82, 2.24) is 4.57 Å². The van der Waals surface area contributed by atoms with E-state index in [1.54, 1.807) is 13.2 Å². The van der Waals surface area contributed by atoms with E-state index >= 15 is 0 Å². The molecule has 0 saturated heterocycles. The van der Waals surface area contributed by atoms with Crippen molar-refractivity contribution < 1.29 is 14.6 Å². The number of fused-ring (bicyclic) bond motifs is 2. The summed E-state index contributed by atoms with van der Waals surface area (Å²) in [5.74, 6) is 0.762. The molecule has 0 spiro atoms. The van der Waals surface area contributed by atoms with Gasteiger partial charge in [0.1, 0.15) is 11.8 Å². The molecule has 148 valence electrons. The molecule has 1 aliphatic heterocycles. The average molecular weight is 407 g/mol. The zero-order valence-corrected chi connectivity index (χ0v) is 16.9. The first-order valence-corrected chi connectivity index (χ1v) is 10.7. The zero-order chi connectivity index (χ0) is 20.1. The van der Waals surface area contributed by atoms with Gasteiger partial charge in [0.05, 0.1) is 12.1 Å². The van der Waals surface area contributed by atoms with Crippen LogP contribution in [-0.2, 0) is 11.2 Å². The number of pyridine rings is 1. The molecule has 1 aromatic heterocycles. The maximum absolute atomic E-state index is 12.8. The van der Waals surface area contributed by atoms with Crippen molar-refractivity contribution in [3.8, 4) is 5.75 Å². The molecule has 1 fully saturated rings. The number of carboxylic acid groups (broad SMARTS) is 1. The molecule has 0 radical (unpaired) electrons. The number of aromatic nitrogens is 1. The molecule has 2 aromatic carbocycles. The van der Waals surface area contributed by atoms with E-state index in [2.05, 4.69) is 18.2 Å². The van der Waals surface area contributed by atoms with Crippen LogP contribution >= 0.6 is 11.8 Å². The Morgan fingerprint density at radius 1 is 1.17 bits per heavy atom. The molecule has 29 heavy (non-hydrogen) atoms. The number of benzene rings is 2. The van der Waals surface area contributed by atoms with Gasteiger partial charge in [0.15, 0.2) is 0 Å². The molecule has 1 unspecified atom stereocenters. The fourth-order valence-corrected chi connectivity index (χ4v) is 5.62. The van der Waals surface area contributed by atoms with Crippen molar-refractivity contribution in [2.24, 2.45) is 0 Å². The van der Waals surface area contributed by atoms with E-state index in [4.69, 9.17) is 4.74 Å². The Kier molecular flexibility index (Phi) is 4.39. The fraction of sp³-hybridized carbons (Fsp3) is 0.304. The fourth-order valence-electron chi connectivity index (χ4n) is 4.21. The number of nitrogens with zero attached hydrogens (tertiary/aromatic N) is 1. The van der Waals surface area contributed by atoms with Crippen molar-refractivity contribution in [2.45, 2.75) is 36.2 Å². The number of carbonyl (C=O) groups is 1. The minimum Gasteiger partial charge on any atom is -0.497 e. The summed E-state index contributed by atoms with van der Waals surface area (Å²) in [7, 11) is 1.66. The molecule has 0 bridgehead atoms. The largest absolute Gasteiger partial charge is 0.497 e. The summed E-state index contributed by atoms with van der Waals surface area (Å²) in [6, 6.07) is 13.2. The smallest absolute Gasteiger partial charge is 0.327 e. The van der Waals surface area contributed by atoms with E-state index in [9.17, 15) is 14.7 Å². The lowest BCUT2D eigenvalue weighted by Gasteiger charge is -2.16. The molecular formula is C23H21NO4S. The molecule has 5 nitrogen and oxygen atoms in total. The molecule has 1 saturated carbocycles. The number of rotatable bonds is 5. The molecule has 2 heterocycles. The molecular weight excluding hydrogens is 386 g/mol. The summed E-state index contributed by atoms with van der Waals surface area (Å²) >= 11 is 1.51. The van der Waals surface area contributed by atoms with Gasteiger partial charge in [-0.05, 0) is 64.8 Å². The highest BCUT2D eigenvalue weighted by molar-refractivity contribution is 7.99. The highest BCUT2D eigenvalue weighted by Crippen LogP contribution is 2.48. The average Bonchev–Trinajstić information content (AvgIpc) is 3.44. The van der Waals surface area contributed by atoms with Gasteiger partial charge < -0.3 is 9.84 Å². The van der Waals surface area contributed by atoms with Crippen LogP contribution in [0.1, 0.15) is 41.5 Å². The van der Waals surface area contributed by atoms with Crippen molar-refractivity contribution in [1.29, 1.82) is 0 Å². The number of thioether (sulfide) groups is 1. The van der Waals surface area contributed by atoms with Gasteiger partial charge in [-0.15, -0.1) is 11.8 Å². The van der Waals surface area contributed by atoms with E-state index in [-0.39, 0.29) is 5.56 Å². The molecule has 1 N–H and O–H groups in total. The standard InChI is InChI=1S/C23H21NO4S/c1-28-18-7-6-15-8-13(2-3-16(15)10-18)9-17-11-20(25)24-19(23(26)27)12-29-22(24)21(17)14-4-5-14/h2-3,6-8,10-11,14,19H,4-5,9,12H2,1H3,(H,26,27). The van der Waals surface area contributed by atoms with E-state index in [0.29, 0.717) is 18.1 Å². The van der Waals surface area contributed by atoms with Gasteiger partial charge in [0.25, 0.3) is 5.56 Å². The zero-order valence-electron chi connectivity index (χ0n) is 16.1. The minimum atomic E-state index is -0.933. The highest BCUT2D eigenvalue weighted by Gasteiger charge is 2.37. The Bertz CT molecular complexity index is 1200. The van der Waals surface area contributed by atoms with Crippen LogP contribution in [0, 0.1) is 0 Å². The van der Waals surface area contributed by atoms with Crippen molar-refractivity contribution in [3.63, 3.8) is 0 Å². The van der Waals surface area contributed by atoms with Crippen LogP contribution in [0.3, 0.4) is 0 Å². The first kappa shape index (κ1) is 18.3. The van der Waals surface area contributed by atoms with E-state index in [1.807, 2.05) is 18.2 Å².